The van der Waals surface area contributed by atoms with Crippen molar-refractivity contribution in [2.75, 3.05) is 0 Å². The summed E-state index contributed by atoms with van der Waals surface area (Å²) in [7, 11) is 0. The Morgan fingerprint density at radius 3 is 2.33 bits per heavy atom. The molecule has 0 N–H and O–H groups in total. The molecule has 76 valence electrons. The minimum atomic E-state index is 0.542. The van der Waals surface area contributed by atoms with Crippen LogP contribution in [-0.2, 0) is 5.88 Å². The topological polar surface area (TPSA) is 25.8 Å². The molecule has 0 spiro atoms. The highest BCUT2D eigenvalue weighted by Crippen LogP contribution is 2.17. The molecule has 0 saturated heterocycles. The lowest BCUT2D eigenvalue weighted by Crippen LogP contribution is -1.88. The monoisotopic (exact) mass is 218 g/mol. The van der Waals surface area contributed by atoms with Gasteiger partial charge < -0.3 is 0 Å². The number of aromatic nitrogens is 2. The lowest BCUT2D eigenvalue weighted by Gasteiger charge is -2.01. The molecule has 0 radical (unpaired) electrons. The van der Waals surface area contributed by atoms with E-state index in [1.807, 2.05) is 31.2 Å². The second-order valence-electron chi connectivity index (χ2n) is 3.37. The molecule has 0 aliphatic heterocycles. The summed E-state index contributed by atoms with van der Waals surface area (Å²) >= 11 is 5.72. The Hall–Kier alpha value is -1.41. The van der Waals surface area contributed by atoms with Gasteiger partial charge in [-0.2, -0.15) is 0 Å². The Morgan fingerprint density at radius 1 is 1.07 bits per heavy atom. The molecule has 0 aliphatic rings. The van der Waals surface area contributed by atoms with Gasteiger partial charge in [0.05, 0.1) is 17.6 Å². The fourth-order valence-electron chi connectivity index (χ4n) is 1.31. The first kappa shape index (κ1) is 10.1. The Labute approximate surface area is 94.0 Å². The van der Waals surface area contributed by atoms with Gasteiger partial charge in [0.25, 0.3) is 0 Å². The van der Waals surface area contributed by atoms with Crippen molar-refractivity contribution in [1.82, 2.24) is 9.97 Å². The number of alkyl halides is 1. The first-order valence-electron chi connectivity index (χ1n) is 4.73. The number of hydrogen-bond donors (Lipinski definition) is 0. The minimum absolute atomic E-state index is 0.542. The maximum atomic E-state index is 5.72. The van der Waals surface area contributed by atoms with Crippen LogP contribution in [0.15, 0.2) is 36.7 Å². The van der Waals surface area contributed by atoms with Gasteiger partial charge >= 0.3 is 0 Å². The molecule has 0 fully saturated rings. The summed E-state index contributed by atoms with van der Waals surface area (Å²) in [5.41, 5.74) is 4.00. The van der Waals surface area contributed by atoms with Crippen LogP contribution in [0, 0.1) is 6.92 Å². The van der Waals surface area contributed by atoms with Crippen molar-refractivity contribution in [2.45, 2.75) is 12.8 Å². The van der Waals surface area contributed by atoms with Crippen molar-refractivity contribution in [1.29, 1.82) is 0 Å². The Morgan fingerprint density at radius 2 is 1.80 bits per heavy atom. The van der Waals surface area contributed by atoms with E-state index in [1.165, 1.54) is 0 Å². The van der Waals surface area contributed by atoms with Gasteiger partial charge in [-0.05, 0) is 12.5 Å². The summed E-state index contributed by atoms with van der Waals surface area (Å²) in [5, 5.41) is 0. The zero-order valence-electron chi connectivity index (χ0n) is 8.44. The molecule has 15 heavy (non-hydrogen) atoms. The maximum absolute atomic E-state index is 5.72. The van der Waals surface area contributed by atoms with E-state index in [0.717, 1.165) is 22.5 Å². The van der Waals surface area contributed by atoms with Gasteiger partial charge in [0.15, 0.2) is 0 Å². The normalized spacial score (nSPS) is 10.3. The molecular weight excluding hydrogens is 208 g/mol. The van der Waals surface area contributed by atoms with Gasteiger partial charge in [0.1, 0.15) is 0 Å². The van der Waals surface area contributed by atoms with Crippen molar-refractivity contribution in [2.24, 2.45) is 0 Å². The summed E-state index contributed by atoms with van der Waals surface area (Å²) in [6.07, 6.45) is 3.55. The predicted molar refractivity (Wildman–Crippen MR) is 61.8 cm³/mol. The molecule has 2 rings (SSSR count). The van der Waals surface area contributed by atoms with Gasteiger partial charge in [0, 0.05) is 17.6 Å². The molecule has 0 bridgehead atoms. The number of hydrogen-bond acceptors (Lipinski definition) is 2. The zero-order valence-corrected chi connectivity index (χ0v) is 9.20. The van der Waals surface area contributed by atoms with Gasteiger partial charge in [-0.3, -0.25) is 9.97 Å². The first-order chi connectivity index (χ1) is 7.29. The van der Waals surface area contributed by atoms with Crippen molar-refractivity contribution >= 4 is 11.6 Å². The Bertz CT molecular complexity index is 434. The van der Waals surface area contributed by atoms with Crippen LogP contribution in [-0.4, -0.2) is 9.97 Å². The summed E-state index contributed by atoms with van der Waals surface area (Å²) in [4.78, 5) is 8.52. The highest BCUT2D eigenvalue weighted by atomic mass is 35.5. The average Bonchev–Trinajstić information content (AvgIpc) is 2.30. The van der Waals surface area contributed by atoms with Gasteiger partial charge in [-0.15, -0.1) is 11.6 Å². The molecular formula is C12H11ClN2. The molecule has 2 nitrogen and oxygen atoms in total. The summed E-state index contributed by atoms with van der Waals surface area (Å²) in [5.74, 6) is 0.542. The molecule has 0 unspecified atom stereocenters. The summed E-state index contributed by atoms with van der Waals surface area (Å²) < 4.78 is 0. The van der Waals surface area contributed by atoms with Crippen LogP contribution < -0.4 is 0 Å². The van der Waals surface area contributed by atoms with Crippen molar-refractivity contribution < 1.29 is 0 Å². The molecule has 0 aliphatic carbocycles. The average molecular weight is 219 g/mol. The van der Waals surface area contributed by atoms with E-state index in [4.69, 9.17) is 11.6 Å². The second kappa shape index (κ2) is 4.41. The quantitative estimate of drug-likeness (QED) is 0.724. The van der Waals surface area contributed by atoms with Crippen LogP contribution >= 0.6 is 11.6 Å². The third kappa shape index (κ3) is 2.34. The molecule has 3 heteroatoms. The zero-order chi connectivity index (χ0) is 10.7. The fraction of sp³-hybridized carbons (Fsp3) is 0.167. The number of aryl methyl sites for hydroxylation is 1. The van der Waals surface area contributed by atoms with E-state index >= 15 is 0 Å². The van der Waals surface area contributed by atoms with E-state index in [2.05, 4.69) is 9.97 Å². The third-order valence-electron chi connectivity index (χ3n) is 2.18. The van der Waals surface area contributed by atoms with Gasteiger partial charge in [-0.25, -0.2) is 0 Å². The van der Waals surface area contributed by atoms with Crippen LogP contribution in [0.2, 0.25) is 0 Å². The second-order valence-corrected chi connectivity index (χ2v) is 3.64. The van der Waals surface area contributed by atoms with Crippen LogP contribution in [0.1, 0.15) is 11.3 Å². The highest BCUT2D eigenvalue weighted by molar-refractivity contribution is 6.17. The number of nitrogens with zero attached hydrogens (tertiary/aromatic N) is 2. The largest absolute Gasteiger partial charge is 0.258 e. The predicted octanol–water partition coefficient (Wildman–Crippen LogP) is 3.19. The van der Waals surface area contributed by atoms with Crippen LogP contribution in [0.5, 0.6) is 0 Å². The molecule has 0 amide bonds. The fourth-order valence-corrected chi connectivity index (χ4v) is 1.48. The third-order valence-corrected chi connectivity index (χ3v) is 2.49. The van der Waals surface area contributed by atoms with E-state index in [1.54, 1.807) is 12.4 Å². The summed E-state index contributed by atoms with van der Waals surface area (Å²) in [6.45, 7) is 1.92. The van der Waals surface area contributed by atoms with Crippen LogP contribution in [0.3, 0.4) is 0 Å². The molecule has 1 aromatic heterocycles. The van der Waals surface area contributed by atoms with Gasteiger partial charge in [0.2, 0.25) is 0 Å². The Balaban J connectivity index is 2.33. The van der Waals surface area contributed by atoms with Crippen LogP contribution in [0.25, 0.3) is 11.3 Å². The first-order valence-corrected chi connectivity index (χ1v) is 5.27. The molecule has 1 aromatic carbocycles. The number of halogens is 1. The molecule has 1 heterocycles. The minimum Gasteiger partial charge on any atom is -0.258 e. The van der Waals surface area contributed by atoms with Gasteiger partial charge in [-0.1, -0.05) is 24.3 Å². The van der Waals surface area contributed by atoms with E-state index in [0.29, 0.717) is 5.88 Å². The highest BCUT2D eigenvalue weighted by Gasteiger charge is 1.99. The molecule has 0 atom stereocenters. The lowest BCUT2D eigenvalue weighted by atomic mass is 10.1. The van der Waals surface area contributed by atoms with E-state index in [9.17, 15) is 0 Å². The van der Waals surface area contributed by atoms with Crippen molar-refractivity contribution in [3.8, 4) is 11.3 Å². The van der Waals surface area contributed by atoms with Crippen molar-refractivity contribution in [3.63, 3.8) is 0 Å². The standard InChI is InChI=1S/C12H11ClN2/c1-9-7-15-12(8-14-9)11-4-2-10(6-13)3-5-11/h2-5,7-8H,6H2,1H3. The Kier molecular flexibility index (Phi) is 2.97. The number of rotatable bonds is 2. The SMILES string of the molecule is Cc1cnc(-c2ccc(CCl)cc2)cn1. The lowest BCUT2D eigenvalue weighted by molar-refractivity contribution is 1.12. The van der Waals surface area contributed by atoms with E-state index in [-0.39, 0.29) is 0 Å². The smallest absolute Gasteiger partial charge is 0.0885 e. The summed E-state index contributed by atoms with van der Waals surface area (Å²) in [6, 6.07) is 8.03. The molecule has 2 aromatic rings. The van der Waals surface area contributed by atoms with Crippen LogP contribution in [0.4, 0.5) is 0 Å². The number of benzene rings is 1. The van der Waals surface area contributed by atoms with Crippen molar-refractivity contribution in [3.05, 3.63) is 47.9 Å². The molecule has 0 saturated carbocycles. The van der Waals surface area contributed by atoms with E-state index < -0.39 is 0 Å². The maximum Gasteiger partial charge on any atom is 0.0885 e.